The van der Waals surface area contributed by atoms with Crippen molar-refractivity contribution in [3.8, 4) is 0 Å². The number of halogens is 1. The molecule has 22 heavy (non-hydrogen) atoms. The second-order valence-corrected chi connectivity index (χ2v) is 7.38. The van der Waals surface area contributed by atoms with Crippen LogP contribution in [0, 0.1) is 6.92 Å². The molecule has 2 aromatic rings. The summed E-state index contributed by atoms with van der Waals surface area (Å²) in [5.41, 5.74) is 4.94. The van der Waals surface area contributed by atoms with E-state index in [2.05, 4.69) is 73.1 Å². The molecule has 0 spiro atoms. The van der Waals surface area contributed by atoms with Crippen LogP contribution in [0.4, 0.5) is 0 Å². The van der Waals surface area contributed by atoms with Crippen molar-refractivity contribution in [2.75, 3.05) is 0 Å². The minimum atomic E-state index is -0.142. The lowest BCUT2D eigenvalue weighted by Crippen LogP contribution is -2.27. The van der Waals surface area contributed by atoms with Crippen LogP contribution < -0.4 is 0 Å². The summed E-state index contributed by atoms with van der Waals surface area (Å²) < 4.78 is 0. The molecule has 1 aliphatic carbocycles. The van der Waals surface area contributed by atoms with Gasteiger partial charge in [-0.3, -0.25) is 4.79 Å². The Morgan fingerprint density at radius 1 is 1.00 bits per heavy atom. The fraction of sp³-hybridized carbons (Fsp3) is 0.250. The van der Waals surface area contributed by atoms with Crippen molar-refractivity contribution < 1.29 is 4.79 Å². The third-order valence-corrected chi connectivity index (χ3v) is 5.31. The van der Waals surface area contributed by atoms with Crippen LogP contribution in [0.2, 0.25) is 0 Å². The van der Waals surface area contributed by atoms with Crippen LogP contribution in [0.25, 0.3) is 0 Å². The van der Waals surface area contributed by atoms with E-state index in [4.69, 9.17) is 0 Å². The molecule has 0 N–H and O–H groups in total. The molecule has 1 atom stereocenters. The molecule has 0 fully saturated rings. The first kappa shape index (κ1) is 15.2. The molecule has 2 aromatic carbocycles. The Morgan fingerprint density at radius 3 is 2.32 bits per heavy atom. The number of Topliss-reactive ketones (excluding diaryl/α,β-unsaturated/α-hetero) is 1. The molecule has 0 saturated heterocycles. The van der Waals surface area contributed by atoms with Gasteiger partial charge >= 0.3 is 0 Å². The number of benzene rings is 2. The lowest BCUT2D eigenvalue weighted by atomic mass is 9.73. The molecule has 2 heteroatoms. The number of fused-ring (bicyclic) bond motifs is 1. The topological polar surface area (TPSA) is 17.1 Å². The maximum absolute atomic E-state index is 12.9. The molecular formula is C20H19BrO. The Kier molecular flexibility index (Phi) is 3.82. The van der Waals surface area contributed by atoms with E-state index in [-0.39, 0.29) is 16.0 Å². The summed E-state index contributed by atoms with van der Waals surface area (Å²) in [6.45, 7) is 6.39. The molecular weight excluding hydrogens is 336 g/mol. The van der Waals surface area contributed by atoms with Crippen LogP contribution in [0.5, 0.6) is 0 Å². The lowest BCUT2D eigenvalue weighted by molar-refractivity contribution is 0.102. The van der Waals surface area contributed by atoms with Crippen LogP contribution in [-0.2, 0) is 5.41 Å². The fourth-order valence-corrected chi connectivity index (χ4v) is 3.68. The van der Waals surface area contributed by atoms with E-state index >= 15 is 0 Å². The van der Waals surface area contributed by atoms with E-state index in [1.54, 1.807) is 0 Å². The third-order valence-electron chi connectivity index (χ3n) is 4.29. The number of rotatable bonds is 2. The van der Waals surface area contributed by atoms with Crippen LogP contribution in [0.1, 0.15) is 45.7 Å². The van der Waals surface area contributed by atoms with E-state index in [1.165, 1.54) is 5.56 Å². The minimum Gasteiger partial charge on any atom is -0.289 e. The predicted octanol–water partition coefficient (Wildman–Crippen LogP) is 5.53. The quantitative estimate of drug-likeness (QED) is 0.647. The smallest absolute Gasteiger partial charge is 0.190 e. The number of aryl methyl sites for hydroxylation is 1. The fourth-order valence-electron chi connectivity index (χ4n) is 3.03. The molecule has 0 aliphatic heterocycles. The van der Waals surface area contributed by atoms with Gasteiger partial charge in [-0.2, -0.15) is 0 Å². The maximum Gasteiger partial charge on any atom is 0.190 e. The monoisotopic (exact) mass is 354 g/mol. The number of ketones is 1. The van der Waals surface area contributed by atoms with Crippen molar-refractivity contribution in [1.82, 2.24) is 0 Å². The van der Waals surface area contributed by atoms with E-state index < -0.39 is 0 Å². The maximum atomic E-state index is 12.9. The first-order valence-electron chi connectivity index (χ1n) is 7.48. The number of carbonyl (C=O) groups excluding carboxylic acids is 1. The zero-order valence-electron chi connectivity index (χ0n) is 13.1. The molecule has 3 rings (SSSR count). The Hall–Kier alpha value is -1.67. The molecule has 0 unspecified atom stereocenters. The van der Waals surface area contributed by atoms with Crippen molar-refractivity contribution >= 4 is 21.7 Å². The van der Waals surface area contributed by atoms with Crippen LogP contribution in [-0.4, -0.2) is 5.78 Å². The van der Waals surface area contributed by atoms with Gasteiger partial charge in [-0.1, -0.05) is 89.9 Å². The average Bonchev–Trinajstić information content (AvgIpc) is 2.51. The summed E-state index contributed by atoms with van der Waals surface area (Å²) in [6, 6.07) is 16.2. The summed E-state index contributed by atoms with van der Waals surface area (Å²) >= 11 is 3.73. The van der Waals surface area contributed by atoms with Gasteiger partial charge in [-0.05, 0) is 18.1 Å². The Balaban J connectivity index is 2.06. The first-order chi connectivity index (χ1) is 10.4. The lowest BCUT2D eigenvalue weighted by Gasteiger charge is -2.31. The highest BCUT2D eigenvalue weighted by molar-refractivity contribution is 9.09. The van der Waals surface area contributed by atoms with Gasteiger partial charge in [-0.15, -0.1) is 0 Å². The Morgan fingerprint density at radius 2 is 1.64 bits per heavy atom. The number of allylic oxidation sites excluding steroid dienone is 2. The van der Waals surface area contributed by atoms with Gasteiger partial charge in [0, 0.05) is 16.6 Å². The molecule has 0 radical (unpaired) electrons. The predicted molar refractivity (Wildman–Crippen MR) is 94.7 cm³/mol. The highest BCUT2D eigenvalue weighted by atomic mass is 79.9. The zero-order valence-corrected chi connectivity index (χ0v) is 14.6. The van der Waals surface area contributed by atoms with Gasteiger partial charge in [0.25, 0.3) is 0 Å². The second kappa shape index (κ2) is 5.51. The van der Waals surface area contributed by atoms with Crippen molar-refractivity contribution in [2.45, 2.75) is 31.0 Å². The standard InChI is InChI=1S/C20H19BrO/c1-13-8-10-14(11-9-13)18(21)16-12-20(2,3)17-7-5-4-6-15(17)19(16)22/h4-12,18H,1-3H3/t18-/m1/s1. The number of hydrogen-bond donors (Lipinski definition) is 0. The van der Waals surface area contributed by atoms with Crippen LogP contribution >= 0.6 is 15.9 Å². The van der Waals surface area contributed by atoms with Crippen LogP contribution in [0.3, 0.4) is 0 Å². The van der Waals surface area contributed by atoms with Crippen molar-refractivity contribution in [2.24, 2.45) is 0 Å². The molecule has 112 valence electrons. The number of hydrogen-bond acceptors (Lipinski definition) is 1. The van der Waals surface area contributed by atoms with Gasteiger partial charge in [0.1, 0.15) is 0 Å². The SMILES string of the molecule is Cc1ccc([C@@H](Br)C2=CC(C)(C)c3ccccc3C2=O)cc1. The van der Waals surface area contributed by atoms with Gasteiger partial charge in [0.15, 0.2) is 5.78 Å². The number of alkyl halides is 1. The van der Waals surface area contributed by atoms with Crippen molar-refractivity contribution in [3.63, 3.8) is 0 Å². The van der Waals surface area contributed by atoms with Gasteiger partial charge in [0.2, 0.25) is 0 Å². The summed E-state index contributed by atoms with van der Waals surface area (Å²) in [4.78, 5) is 12.8. The molecule has 1 aliphatic rings. The molecule has 0 amide bonds. The summed E-state index contributed by atoms with van der Waals surface area (Å²) in [5.74, 6) is 0.123. The highest BCUT2D eigenvalue weighted by Gasteiger charge is 2.34. The minimum absolute atomic E-state index is 0.0757. The Bertz CT molecular complexity index is 754. The molecule has 1 nitrogen and oxygen atoms in total. The van der Waals surface area contributed by atoms with E-state index in [0.29, 0.717) is 0 Å². The van der Waals surface area contributed by atoms with Gasteiger partial charge in [0.05, 0.1) is 4.83 Å². The highest BCUT2D eigenvalue weighted by Crippen LogP contribution is 2.42. The van der Waals surface area contributed by atoms with Gasteiger partial charge < -0.3 is 0 Å². The molecule has 0 bridgehead atoms. The van der Waals surface area contributed by atoms with Crippen LogP contribution in [0.15, 0.2) is 60.2 Å². The molecule has 0 heterocycles. The van der Waals surface area contributed by atoms with Gasteiger partial charge in [-0.25, -0.2) is 0 Å². The molecule has 0 saturated carbocycles. The van der Waals surface area contributed by atoms with E-state index in [1.807, 2.05) is 18.2 Å². The second-order valence-electron chi connectivity index (χ2n) is 6.47. The molecule has 0 aromatic heterocycles. The zero-order chi connectivity index (χ0) is 15.9. The average molecular weight is 355 g/mol. The van der Waals surface area contributed by atoms with Crippen molar-refractivity contribution in [3.05, 3.63) is 82.4 Å². The van der Waals surface area contributed by atoms with Crippen molar-refractivity contribution in [1.29, 1.82) is 0 Å². The summed E-state index contributed by atoms with van der Waals surface area (Å²) in [7, 11) is 0. The summed E-state index contributed by atoms with van der Waals surface area (Å²) in [5, 5.41) is 0. The third kappa shape index (κ3) is 2.56. The number of carbonyl (C=O) groups is 1. The first-order valence-corrected chi connectivity index (χ1v) is 8.39. The Labute approximate surface area is 140 Å². The van der Waals surface area contributed by atoms with E-state index in [0.717, 1.165) is 22.3 Å². The van der Waals surface area contributed by atoms with E-state index in [9.17, 15) is 4.79 Å². The normalized spacial score (nSPS) is 17.6. The summed E-state index contributed by atoms with van der Waals surface area (Å²) in [6.07, 6.45) is 2.11. The largest absolute Gasteiger partial charge is 0.289 e.